The molecule has 0 bridgehead atoms. The zero-order valence-electron chi connectivity index (χ0n) is 20.4. The average Bonchev–Trinajstić information content (AvgIpc) is 3.42. The first kappa shape index (κ1) is 26.0. The summed E-state index contributed by atoms with van der Waals surface area (Å²) in [7, 11) is 0. The number of nitrogens with one attached hydrogen (secondary N) is 2. The summed E-state index contributed by atoms with van der Waals surface area (Å²) in [6.07, 6.45) is 3.42. The number of fused-ring (bicyclic) bond motifs is 1. The molecule has 1 aromatic carbocycles. The average molecular weight is 556 g/mol. The highest BCUT2D eigenvalue weighted by Gasteiger charge is 2.34. The SMILES string of the molecule is NC(=O)c1nn(CC(=O)N(CC(=O)Nc2cccc(Cl)n2)C2CC2)c2ccc(NC(=O)C3CCCS3)cc12. The number of nitrogens with two attached hydrogens (primary N) is 1. The molecule has 1 aliphatic heterocycles. The van der Waals surface area contributed by atoms with Crippen LogP contribution in [0.1, 0.15) is 36.2 Å². The molecule has 2 aromatic heterocycles. The molecule has 4 amide bonds. The van der Waals surface area contributed by atoms with Crippen molar-refractivity contribution < 1.29 is 19.2 Å². The van der Waals surface area contributed by atoms with E-state index in [1.54, 1.807) is 48.2 Å². The number of thioether (sulfide) groups is 1. The van der Waals surface area contributed by atoms with Crippen molar-refractivity contribution in [3.05, 3.63) is 47.2 Å². The fourth-order valence-electron chi connectivity index (χ4n) is 4.41. The lowest BCUT2D eigenvalue weighted by Gasteiger charge is -2.22. The van der Waals surface area contributed by atoms with Gasteiger partial charge in [0.1, 0.15) is 24.1 Å². The number of pyridine rings is 1. The van der Waals surface area contributed by atoms with Gasteiger partial charge in [0, 0.05) is 17.1 Å². The molecule has 3 heterocycles. The number of anilines is 2. The third kappa shape index (κ3) is 5.91. The van der Waals surface area contributed by atoms with E-state index in [0.29, 0.717) is 22.4 Å². The van der Waals surface area contributed by atoms with Crippen molar-refractivity contribution >= 4 is 69.4 Å². The quantitative estimate of drug-likeness (QED) is 0.343. The second-order valence-electron chi connectivity index (χ2n) is 9.24. The number of hydrogen-bond donors (Lipinski definition) is 3. The number of rotatable bonds is 9. The molecule has 1 saturated carbocycles. The van der Waals surface area contributed by atoms with E-state index in [0.717, 1.165) is 31.4 Å². The van der Waals surface area contributed by atoms with Crippen LogP contribution in [0.5, 0.6) is 0 Å². The Bertz CT molecular complexity index is 1420. The first-order valence-electron chi connectivity index (χ1n) is 12.2. The monoisotopic (exact) mass is 555 g/mol. The Hall–Kier alpha value is -3.64. The Kier molecular flexibility index (Phi) is 7.52. The van der Waals surface area contributed by atoms with Gasteiger partial charge < -0.3 is 21.3 Å². The number of carbonyl (C=O) groups excluding carboxylic acids is 4. The number of hydrogen-bond acceptors (Lipinski definition) is 7. The molecular weight excluding hydrogens is 530 g/mol. The first-order valence-corrected chi connectivity index (χ1v) is 13.7. The molecule has 11 nitrogen and oxygen atoms in total. The van der Waals surface area contributed by atoms with Gasteiger partial charge >= 0.3 is 0 Å². The molecule has 0 spiro atoms. The summed E-state index contributed by atoms with van der Waals surface area (Å²) in [6, 6.07) is 9.86. The van der Waals surface area contributed by atoms with E-state index in [1.807, 2.05) is 0 Å². The van der Waals surface area contributed by atoms with Gasteiger partial charge in [0.15, 0.2) is 5.69 Å². The maximum Gasteiger partial charge on any atom is 0.269 e. The Balaban J connectivity index is 1.32. The highest BCUT2D eigenvalue weighted by atomic mass is 35.5. The van der Waals surface area contributed by atoms with Gasteiger partial charge in [-0.25, -0.2) is 4.98 Å². The van der Waals surface area contributed by atoms with Crippen LogP contribution < -0.4 is 16.4 Å². The third-order valence-corrected chi connectivity index (χ3v) is 7.95. The number of carbonyl (C=O) groups is 4. The maximum atomic E-state index is 13.3. The van der Waals surface area contributed by atoms with Crippen LogP contribution in [0.3, 0.4) is 0 Å². The smallest absolute Gasteiger partial charge is 0.269 e. The molecule has 13 heteroatoms. The minimum absolute atomic E-state index is 0.00175. The van der Waals surface area contributed by atoms with E-state index in [1.165, 1.54) is 9.58 Å². The van der Waals surface area contributed by atoms with E-state index in [2.05, 4.69) is 20.7 Å². The summed E-state index contributed by atoms with van der Waals surface area (Å²) in [5, 5.41) is 10.4. The van der Waals surface area contributed by atoms with Crippen molar-refractivity contribution in [3.8, 4) is 0 Å². The third-order valence-electron chi connectivity index (χ3n) is 6.36. The zero-order valence-corrected chi connectivity index (χ0v) is 21.9. The van der Waals surface area contributed by atoms with Crippen molar-refractivity contribution in [2.45, 2.75) is 43.5 Å². The van der Waals surface area contributed by atoms with Crippen LogP contribution in [-0.2, 0) is 20.9 Å². The summed E-state index contributed by atoms with van der Waals surface area (Å²) in [5.74, 6) is -0.295. The van der Waals surface area contributed by atoms with Crippen LogP contribution in [0.2, 0.25) is 5.15 Å². The van der Waals surface area contributed by atoms with Gasteiger partial charge in [0.05, 0.1) is 10.8 Å². The number of benzene rings is 1. The van der Waals surface area contributed by atoms with Gasteiger partial charge in [-0.2, -0.15) is 5.10 Å². The van der Waals surface area contributed by atoms with Gasteiger partial charge in [-0.1, -0.05) is 17.7 Å². The zero-order chi connectivity index (χ0) is 26.8. The summed E-state index contributed by atoms with van der Waals surface area (Å²) >= 11 is 7.50. The van der Waals surface area contributed by atoms with Crippen LogP contribution >= 0.6 is 23.4 Å². The summed E-state index contributed by atoms with van der Waals surface area (Å²) < 4.78 is 1.40. The van der Waals surface area contributed by atoms with Crippen LogP contribution in [0, 0.1) is 0 Å². The molecule has 1 unspecified atom stereocenters. The van der Waals surface area contributed by atoms with Gasteiger partial charge in [0.25, 0.3) is 5.91 Å². The summed E-state index contributed by atoms with van der Waals surface area (Å²) in [5.41, 5.74) is 6.62. The van der Waals surface area contributed by atoms with Crippen LogP contribution in [0.25, 0.3) is 10.9 Å². The Morgan fingerprint density at radius 1 is 1.13 bits per heavy atom. The molecule has 38 heavy (non-hydrogen) atoms. The fourth-order valence-corrected chi connectivity index (χ4v) is 5.73. The molecule has 2 fully saturated rings. The molecule has 1 aliphatic carbocycles. The lowest BCUT2D eigenvalue weighted by atomic mass is 10.1. The lowest BCUT2D eigenvalue weighted by Crippen LogP contribution is -2.41. The minimum atomic E-state index is -0.747. The Morgan fingerprint density at radius 3 is 2.63 bits per heavy atom. The lowest BCUT2D eigenvalue weighted by molar-refractivity contribution is -0.135. The molecule has 3 aromatic rings. The van der Waals surface area contributed by atoms with Gasteiger partial charge in [-0.05, 0) is 61.8 Å². The summed E-state index contributed by atoms with van der Waals surface area (Å²) in [4.78, 5) is 56.2. The number of primary amides is 1. The highest BCUT2D eigenvalue weighted by Crippen LogP contribution is 2.30. The van der Waals surface area contributed by atoms with Gasteiger partial charge in [0.2, 0.25) is 17.7 Å². The molecule has 5 rings (SSSR count). The molecular formula is C25H26ClN7O4S. The van der Waals surface area contributed by atoms with E-state index < -0.39 is 11.8 Å². The van der Waals surface area contributed by atoms with Crippen LogP contribution in [-0.4, -0.2) is 66.9 Å². The summed E-state index contributed by atoms with van der Waals surface area (Å²) in [6.45, 7) is -0.345. The minimum Gasteiger partial charge on any atom is -0.364 e. The molecule has 1 saturated heterocycles. The van der Waals surface area contributed by atoms with E-state index in [9.17, 15) is 19.2 Å². The predicted molar refractivity (Wildman–Crippen MR) is 145 cm³/mol. The number of nitrogens with zero attached hydrogens (tertiary/aromatic N) is 4. The predicted octanol–water partition coefficient (Wildman–Crippen LogP) is 2.65. The second kappa shape index (κ2) is 11.0. The number of halogens is 1. The van der Waals surface area contributed by atoms with Crippen molar-refractivity contribution in [2.75, 3.05) is 22.9 Å². The van der Waals surface area contributed by atoms with Crippen molar-refractivity contribution in [1.29, 1.82) is 0 Å². The van der Waals surface area contributed by atoms with Crippen LogP contribution in [0.4, 0.5) is 11.5 Å². The number of amides is 4. The molecule has 2 aliphatic rings. The standard InChI is InChI=1S/C25H26ClN7O4S/c26-19-4-1-5-20(29-19)30-21(34)12-32(15-7-8-15)22(35)13-33-17-9-6-14(11-16(17)23(31-33)24(27)36)28-25(37)18-3-2-10-38-18/h1,4-6,9,11,15,18H,2-3,7-8,10,12-13H2,(H2,27,36)(H,28,37)(H,29,30,34). The Labute approximate surface area is 227 Å². The molecule has 0 radical (unpaired) electrons. The molecule has 198 valence electrons. The Morgan fingerprint density at radius 2 is 1.95 bits per heavy atom. The molecule has 1 atom stereocenters. The van der Waals surface area contributed by atoms with Crippen molar-refractivity contribution in [3.63, 3.8) is 0 Å². The van der Waals surface area contributed by atoms with Crippen molar-refractivity contribution in [2.24, 2.45) is 5.73 Å². The largest absolute Gasteiger partial charge is 0.364 e. The van der Waals surface area contributed by atoms with Crippen molar-refractivity contribution in [1.82, 2.24) is 19.7 Å². The maximum absolute atomic E-state index is 13.3. The first-order chi connectivity index (χ1) is 18.3. The fraction of sp³-hybridized carbons (Fsp3) is 0.360. The normalized spacial score (nSPS) is 16.8. The van der Waals surface area contributed by atoms with Gasteiger partial charge in [-0.3, -0.25) is 23.9 Å². The molecule has 4 N–H and O–H groups in total. The van der Waals surface area contributed by atoms with Crippen LogP contribution in [0.15, 0.2) is 36.4 Å². The van der Waals surface area contributed by atoms with E-state index in [-0.39, 0.29) is 47.0 Å². The van der Waals surface area contributed by atoms with Gasteiger partial charge in [-0.15, -0.1) is 11.8 Å². The highest BCUT2D eigenvalue weighted by molar-refractivity contribution is 8.00. The topological polar surface area (TPSA) is 152 Å². The second-order valence-corrected chi connectivity index (χ2v) is 10.9. The number of aromatic nitrogens is 3. The van der Waals surface area contributed by atoms with E-state index >= 15 is 0 Å². The van der Waals surface area contributed by atoms with E-state index in [4.69, 9.17) is 17.3 Å².